The van der Waals surface area contributed by atoms with Crippen LogP contribution in [0.1, 0.15) is 25.0 Å². The van der Waals surface area contributed by atoms with Crippen molar-refractivity contribution in [2.24, 2.45) is 0 Å². The molecule has 14 rings (SSSR count). The fourth-order valence-corrected chi connectivity index (χ4v) is 11.4. The molecule has 0 spiro atoms. The van der Waals surface area contributed by atoms with E-state index in [1.807, 2.05) is 6.07 Å². The third-order valence-corrected chi connectivity index (χ3v) is 14.5. The number of benzene rings is 10. The number of hydrogen-bond acceptors (Lipinski definition) is 2. The van der Waals surface area contributed by atoms with Gasteiger partial charge in [-0.2, -0.15) is 0 Å². The third kappa shape index (κ3) is 5.54. The molecular formula is C63H43N3O. The fraction of sp³-hybridized carbons (Fsp3) is 0.0476. The molecule has 3 heterocycles. The Morgan fingerprint density at radius 2 is 0.791 bits per heavy atom. The molecule has 1 aliphatic rings. The van der Waals surface area contributed by atoms with Gasteiger partial charge in [0.2, 0.25) is 0 Å². The molecule has 0 fully saturated rings. The van der Waals surface area contributed by atoms with Crippen molar-refractivity contribution in [2.45, 2.75) is 19.3 Å². The van der Waals surface area contributed by atoms with Gasteiger partial charge in [-0.25, -0.2) is 0 Å². The first-order valence-corrected chi connectivity index (χ1v) is 23.2. The molecule has 0 aliphatic heterocycles. The van der Waals surface area contributed by atoms with Crippen molar-refractivity contribution in [1.82, 2.24) is 9.13 Å². The van der Waals surface area contributed by atoms with Gasteiger partial charge in [-0.05, 0) is 125 Å². The molecule has 10 aromatic carbocycles. The number of furan rings is 1. The lowest BCUT2D eigenvalue weighted by Crippen LogP contribution is -2.16. The first-order valence-electron chi connectivity index (χ1n) is 23.2. The zero-order valence-corrected chi connectivity index (χ0v) is 37.1. The van der Waals surface area contributed by atoms with Gasteiger partial charge in [0.1, 0.15) is 11.2 Å². The molecule has 0 unspecified atom stereocenters. The van der Waals surface area contributed by atoms with Gasteiger partial charge in [-0.15, -0.1) is 0 Å². The standard InChI is InChI=1S/C63H43N3O/c1-63(2)55-38-40(46-19-13-20-54-53-18-7-12-25-61(53)67-62(46)54)26-36-47(55)48-37-35-45(39-56(48)63)64(41-27-31-43(32-28-41)65-57-21-8-3-14-49(57)50-15-4-9-22-58(50)65)42-29-33-44(34-30-42)66-59-23-10-5-16-51(59)52-17-6-11-24-60(52)66/h3-39H,1-2H3. The van der Waals surface area contributed by atoms with Gasteiger partial charge in [-0.3, -0.25) is 0 Å². The predicted molar refractivity (Wildman–Crippen MR) is 280 cm³/mol. The molecule has 0 atom stereocenters. The minimum Gasteiger partial charge on any atom is -0.455 e. The Kier molecular flexibility index (Phi) is 8.00. The van der Waals surface area contributed by atoms with Gasteiger partial charge in [0.25, 0.3) is 0 Å². The lowest BCUT2D eigenvalue weighted by atomic mass is 9.81. The van der Waals surface area contributed by atoms with Crippen LogP contribution in [0, 0.1) is 0 Å². The van der Waals surface area contributed by atoms with Crippen LogP contribution in [0.2, 0.25) is 0 Å². The molecule has 0 radical (unpaired) electrons. The Labute approximate surface area is 387 Å². The first-order chi connectivity index (χ1) is 33.0. The summed E-state index contributed by atoms with van der Waals surface area (Å²) >= 11 is 0. The molecule has 316 valence electrons. The van der Waals surface area contributed by atoms with E-state index in [1.165, 1.54) is 65.9 Å². The van der Waals surface area contributed by atoms with Crippen molar-refractivity contribution < 1.29 is 4.42 Å². The summed E-state index contributed by atoms with van der Waals surface area (Å²) in [4.78, 5) is 2.42. The average Bonchev–Trinajstić information content (AvgIpc) is 4.10. The summed E-state index contributed by atoms with van der Waals surface area (Å²) in [7, 11) is 0. The summed E-state index contributed by atoms with van der Waals surface area (Å²) in [5.74, 6) is 0. The van der Waals surface area contributed by atoms with E-state index in [9.17, 15) is 0 Å². The zero-order chi connectivity index (χ0) is 44.4. The van der Waals surface area contributed by atoms with Crippen LogP contribution in [0.4, 0.5) is 17.1 Å². The van der Waals surface area contributed by atoms with Crippen LogP contribution in [-0.2, 0) is 5.41 Å². The summed E-state index contributed by atoms with van der Waals surface area (Å²) in [5.41, 5.74) is 19.4. The minimum atomic E-state index is -0.259. The number of fused-ring (bicyclic) bond motifs is 12. The summed E-state index contributed by atoms with van der Waals surface area (Å²) in [6, 6.07) is 81.9. The average molecular weight is 858 g/mol. The van der Waals surface area contributed by atoms with Crippen LogP contribution < -0.4 is 4.90 Å². The van der Waals surface area contributed by atoms with E-state index < -0.39 is 0 Å². The number of anilines is 3. The zero-order valence-electron chi connectivity index (χ0n) is 37.1. The SMILES string of the molecule is CC1(C)c2cc(-c3cccc4c3oc3ccccc34)ccc2-c2ccc(N(c3ccc(-n4c5ccccc5c5ccccc54)cc3)c3ccc(-n4c5ccccc5c5ccccc54)cc3)cc21. The van der Waals surface area contributed by atoms with Crippen molar-refractivity contribution in [3.8, 4) is 33.6 Å². The molecule has 4 heteroatoms. The van der Waals surface area contributed by atoms with Crippen LogP contribution in [0.25, 0.3) is 99.2 Å². The highest BCUT2D eigenvalue weighted by molar-refractivity contribution is 6.11. The highest BCUT2D eigenvalue weighted by Crippen LogP contribution is 2.52. The monoisotopic (exact) mass is 857 g/mol. The Hall–Kier alpha value is -8.60. The number of aromatic nitrogens is 2. The van der Waals surface area contributed by atoms with Crippen LogP contribution >= 0.6 is 0 Å². The van der Waals surface area contributed by atoms with Gasteiger partial charge in [-0.1, -0.05) is 141 Å². The van der Waals surface area contributed by atoms with E-state index in [0.29, 0.717) is 0 Å². The smallest absolute Gasteiger partial charge is 0.143 e. The topological polar surface area (TPSA) is 26.2 Å². The van der Waals surface area contributed by atoms with Crippen molar-refractivity contribution in [3.63, 3.8) is 0 Å². The maximum absolute atomic E-state index is 6.52. The van der Waals surface area contributed by atoms with E-state index in [0.717, 1.165) is 61.5 Å². The molecule has 0 saturated heterocycles. The quantitative estimate of drug-likeness (QED) is 0.167. The maximum atomic E-state index is 6.52. The van der Waals surface area contributed by atoms with Crippen molar-refractivity contribution in [2.75, 3.05) is 4.90 Å². The Morgan fingerprint density at radius 1 is 0.358 bits per heavy atom. The van der Waals surface area contributed by atoms with Gasteiger partial charge in [0.15, 0.2) is 0 Å². The molecule has 0 N–H and O–H groups in total. The summed E-state index contributed by atoms with van der Waals surface area (Å²) in [5, 5.41) is 7.32. The van der Waals surface area contributed by atoms with Gasteiger partial charge in [0.05, 0.1) is 22.1 Å². The summed E-state index contributed by atoms with van der Waals surface area (Å²) in [6.45, 7) is 4.75. The van der Waals surface area contributed by atoms with Gasteiger partial charge in [0, 0.05) is 71.7 Å². The van der Waals surface area contributed by atoms with Crippen molar-refractivity contribution >= 4 is 82.6 Å². The molecule has 67 heavy (non-hydrogen) atoms. The number of para-hydroxylation sites is 6. The highest BCUT2D eigenvalue weighted by atomic mass is 16.3. The van der Waals surface area contributed by atoms with Crippen molar-refractivity contribution in [1.29, 1.82) is 0 Å². The normalized spacial score (nSPS) is 13.0. The van der Waals surface area contributed by atoms with Crippen LogP contribution in [0.5, 0.6) is 0 Å². The third-order valence-electron chi connectivity index (χ3n) is 14.5. The molecule has 3 aromatic heterocycles. The number of hydrogen-bond donors (Lipinski definition) is 0. The lowest BCUT2D eigenvalue weighted by Gasteiger charge is -2.28. The van der Waals surface area contributed by atoms with E-state index in [2.05, 4.69) is 246 Å². The number of rotatable bonds is 6. The van der Waals surface area contributed by atoms with E-state index in [-0.39, 0.29) is 5.41 Å². The number of nitrogens with zero attached hydrogens (tertiary/aromatic N) is 3. The van der Waals surface area contributed by atoms with Crippen LogP contribution in [0.15, 0.2) is 229 Å². The lowest BCUT2D eigenvalue weighted by molar-refractivity contribution is 0.660. The van der Waals surface area contributed by atoms with Crippen LogP contribution in [-0.4, -0.2) is 9.13 Å². The summed E-state index contributed by atoms with van der Waals surface area (Å²) in [6.07, 6.45) is 0. The largest absolute Gasteiger partial charge is 0.455 e. The second-order valence-corrected chi connectivity index (χ2v) is 18.5. The highest BCUT2D eigenvalue weighted by Gasteiger charge is 2.36. The first kappa shape index (κ1) is 37.7. The van der Waals surface area contributed by atoms with Crippen LogP contribution in [0.3, 0.4) is 0 Å². The maximum Gasteiger partial charge on any atom is 0.143 e. The molecule has 1 aliphatic carbocycles. The molecule has 4 nitrogen and oxygen atoms in total. The Morgan fingerprint density at radius 3 is 1.33 bits per heavy atom. The molecule has 0 amide bonds. The van der Waals surface area contributed by atoms with E-state index >= 15 is 0 Å². The van der Waals surface area contributed by atoms with Crippen molar-refractivity contribution in [3.05, 3.63) is 236 Å². The Balaban J connectivity index is 0.898. The second-order valence-electron chi connectivity index (χ2n) is 18.5. The molecular weight excluding hydrogens is 815 g/mol. The van der Waals surface area contributed by atoms with E-state index in [4.69, 9.17) is 4.42 Å². The van der Waals surface area contributed by atoms with Gasteiger partial charge >= 0.3 is 0 Å². The van der Waals surface area contributed by atoms with E-state index in [1.54, 1.807) is 0 Å². The molecule has 0 saturated carbocycles. The minimum absolute atomic E-state index is 0.259. The predicted octanol–water partition coefficient (Wildman–Crippen LogP) is 17.2. The van der Waals surface area contributed by atoms with Gasteiger partial charge < -0.3 is 18.5 Å². The summed E-state index contributed by atoms with van der Waals surface area (Å²) < 4.78 is 11.3. The molecule has 13 aromatic rings. The molecule has 0 bridgehead atoms. The second kappa shape index (κ2) is 14.2. The Bertz CT molecular complexity index is 3860. The fourth-order valence-electron chi connectivity index (χ4n) is 11.4.